The van der Waals surface area contributed by atoms with Gasteiger partial charge in [0.05, 0.1) is 0 Å². The summed E-state index contributed by atoms with van der Waals surface area (Å²) in [7, 11) is 0. The number of hydrogen-bond donors (Lipinski definition) is 0. The molecule has 0 saturated heterocycles. The van der Waals surface area contributed by atoms with Crippen molar-refractivity contribution >= 4 is 18.0 Å². The van der Waals surface area contributed by atoms with Gasteiger partial charge in [0.25, 0.3) is 0 Å². The van der Waals surface area contributed by atoms with Gasteiger partial charge >= 0.3 is 18.0 Å². The average molecular weight is 315 g/mol. The van der Waals surface area contributed by atoms with E-state index in [0.29, 0.717) is 0 Å². The van der Waals surface area contributed by atoms with Gasteiger partial charge in [-0.05, 0) is 0 Å². The van der Waals surface area contributed by atoms with Crippen LogP contribution in [0.3, 0.4) is 0 Å². The quantitative estimate of drug-likeness (QED) is 0.390. The third kappa shape index (κ3) is 9.00. The first kappa shape index (κ1) is 37.5. The topological polar surface area (TPSA) is 0 Å². The van der Waals surface area contributed by atoms with E-state index < -0.39 is 0 Å². The summed E-state index contributed by atoms with van der Waals surface area (Å²) in [6, 6.07) is 0. The Morgan fingerprint density at radius 1 is 0.500 bits per heavy atom. The number of rotatable bonds is 0. The minimum Gasteiger partial charge on any atom is -1.00 e. The third-order valence-corrected chi connectivity index (χ3v) is 0. The molecule has 0 nitrogen and oxygen atoms in total. The maximum atomic E-state index is 0. The van der Waals surface area contributed by atoms with E-state index in [1.165, 1.54) is 0 Å². The van der Waals surface area contributed by atoms with Gasteiger partial charge in [0.1, 0.15) is 0 Å². The Morgan fingerprint density at radius 2 is 0.500 bits per heavy atom. The van der Waals surface area contributed by atoms with E-state index in [1.54, 1.807) is 0 Å². The molecule has 4 heteroatoms. The van der Waals surface area contributed by atoms with Crippen molar-refractivity contribution in [1.29, 1.82) is 0 Å². The second-order valence-electron chi connectivity index (χ2n) is 0. The molecule has 0 rings (SSSR count). The molecule has 0 aliphatic carbocycles. The summed E-state index contributed by atoms with van der Waals surface area (Å²) in [5.41, 5.74) is 0. The zero-order valence-electron chi connectivity index (χ0n) is 1.58. The van der Waals surface area contributed by atoms with E-state index in [9.17, 15) is 0 Å². The molecule has 0 amide bonds. The average Bonchev–Trinajstić information content (AvgIpc) is 0. The van der Waals surface area contributed by atoms with Gasteiger partial charge in [-0.25, -0.2) is 0 Å². The maximum absolute atomic E-state index is 0. The van der Waals surface area contributed by atoms with E-state index in [1.807, 2.05) is 0 Å². The van der Waals surface area contributed by atoms with Crippen molar-refractivity contribution in [2.45, 2.75) is 0 Å². The second kappa shape index (κ2) is 20.0. The Bertz CT molecular complexity index is 3.25. The fraction of sp³-hybridized carbons (Fsp3) is 0. The molecule has 0 N–H and O–H groups in total. The fourth-order valence-corrected chi connectivity index (χ4v) is 0. The predicted octanol–water partition coefficient (Wildman–Crippen LogP) is -9.37. The van der Waals surface area contributed by atoms with E-state index in [2.05, 4.69) is 0 Å². The van der Waals surface area contributed by atoms with Crippen LogP contribution in [0.25, 0.3) is 0 Å². The second-order valence-corrected chi connectivity index (χ2v) is 0. The van der Waals surface area contributed by atoms with Gasteiger partial charge in [0.2, 0.25) is 0 Å². The van der Waals surface area contributed by atoms with E-state index >= 15 is 0 Å². The van der Waals surface area contributed by atoms with Crippen LogP contribution in [0.2, 0.25) is 0 Å². The first-order chi connectivity index (χ1) is 0. The van der Waals surface area contributed by atoms with Gasteiger partial charge < -0.3 is 50.9 Å². The molecule has 0 aromatic heterocycles. The predicted molar refractivity (Wildman–Crippen MR) is 5.75 cm³/mol. The maximum Gasteiger partial charge on any atom is 3.00 e. The van der Waals surface area contributed by atoms with Gasteiger partial charge in [0.15, 0.2) is 0 Å². The Hall–Kier alpha value is 2.00. The van der Waals surface area contributed by atoms with Crippen LogP contribution in [0.5, 0.6) is 0 Å². The smallest absolute Gasteiger partial charge is 1.00 e. The number of halogens is 3. The molecule has 0 saturated carbocycles. The summed E-state index contributed by atoms with van der Waals surface area (Å²) >= 11 is 0. The minimum atomic E-state index is 0. The normalized spacial score (nSPS) is 0. The van der Waals surface area contributed by atoms with Crippen molar-refractivity contribution in [2.24, 2.45) is 0 Å². The minimum absolute atomic E-state index is 0. The molecule has 0 aliphatic rings. The first-order valence-electron chi connectivity index (χ1n) is 0. The molecule has 2 radical (unpaired) electrons. The molecule has 4 heavy (non-hydrogen) atoms. The summed E-state index contributed by atoms with van der Waals surface area (Å²) in [5.74, 6) is 0. The largest absolute Gasteiger partial charge is 3.00 e. The van der Waals surface area contributed by atoms with Crippen LogP contribution in [0.1, 0.15) is 0 Å². The summed E-state index contributed by atoms with van der Waals surface area (Å²) < 4.78 is 0. The Balaban J connectivity index is 0. The van der Waals surface area contributed by atoms with Crippen LogP contribution >= 0.6 is 0 Å². The van der Waals surface area contributed by atoms with Crippen molar-refractivity contribution in [2.75, 3.05) is 0 Å². The fourth-order valence-electron chi connectivity index (χ4n) is 0. The van der Waals surface area contributed by atoms with E-state index in [4.69, 9.17) is 0 Å². The van der Waals surface area contributed by atoms with Gasteiger partial charge in [-0.3, -0.25) is 0 Å². The van der Waals surface area contributed by atoms with Gasteiger partial charge in [0, 0.05) is 0 Å². The van der Waals surface area contributed by atoms with Crippen molar-refractivity contribution in [3.05, 3.63) is 0 Å². The summed E-state index contributed by atoms with van der Waals surface area (Å²) in [5, 5.41) is 0. The zero-order chi connectivity index (χ0) is 0. The molecule has 0 aromatic rings. The van der Waals surface area contributed by atoms with Crippen molar-refractivity contribution in [1.82, 2.24) is 0 Å². The van der Waals surface area contributed by atoms with Crippen molar-refractivity contribution in [3.8, 4) is 0 Å². The number of hydrogen-bond acceptors (Lipinski definition) is 0. The Labute approximate surface area is 68.3 Å². The summed E-state index contributed by atoms with van der Waals surface area (Å²) in [6.07, 6.45) is 0. The van der Waals surface area contributed by atoms with Crippen molar-refractivity contribution < 1.29 is 50.9 Å². The molecular formula is AsBr3. The molecule has 26 valence electrons. The molecule has 0 bridgehead atoms. The van der Waals surface area contributed by atoms with Gasteiger partial charge in [-0.2, -0.15) is 0 Å². The van der Waals surface area contributed by atoms with Gasteiger partial charge in [-0.1, -0.05) is 0 Å². The van der Waals surface area contributed by atoms with Crippen LogP contribution in [0.4, 0.5) is 0 Å². The van der Waals surface area contributed by atoms with Crippen LogP contribution in [0.15, 0.2) is 0 Å². The molecule has 0 aromatic carbocycles. The molecule has 0 unspecified atom stereocenters. The first-order valence-corrected chi connectivity index (χ1v) is 0. The summed E-state index contributed by atoms with van der Waals surface area (Å²) in [6.45, 7) is 0. The van der Waals surface area contributed by atoms with E-state index in [-0.39, 0.29) is 68.9 Å². The monoisotopic (exact) mass is 312 g/mol. The zero-order valence-corrected chi connectivity index (χ0v) is 8.22. The van der Waals surface area contributed by atoms with Crippen molar-refractivity contribution in [3.63, 3.8) is 0 Å². The molecule has 0 aliphatic heterocycles. The molecule has 0 fully saturated rings. The van der Waals surface area contributed by atoms with Crippen LogP contribution in [-0.4, -0.2) is 18.0 Å². The molecule has 0 spiro atoms. The van der Waals surface area contributed by atoms with Crippen LogP contribution in [0, 0.1) is 0 Å². The van der Waals surface area contributed by atoms with E-state index in [0.717, 1.165) is 0 Å². The summed E-state index contributed by atoms with van der Waals surface area (Å²) in [4.78, 5) is 0. The Kier molecular flexibility index (Phi) is 188. The standard InChI is InChI=1S/As.3BrH/h;3*1H/q+3;;;/p-3. The van der Waals surface area contributed by atoms with Gasteiger partial charge in [-0.15, -0.1) is 0 Å². The molecule has 0 atom stereocenters. The van der Waals surface area contributed by atoms with Crippen LogP contribution in [-0.2, 0) is 0 Å². The van der Waals surface area contributed by atoms with Crippen LogP contribution < -0.4 is 50.9 Å². The molecular weight excluding hydrogens is 315 g/mol. The molecule has 0 heterocycles. The SMILES string of the molecule is [As+3].[Br-].[Br-].[Br-]. The Morgan fingerprint density at radius 3 is 0.500 bits per heavy atom. The third-order valence-electron chi connectivity index (χ3n) is 0.